The molecule has 0 bridgehead atoms. The van der Waals surface area contributed by atoms with E-state index in [0.29, 0.717) is 12.5 Å². The maximum absolute atomic E-state index is 13.6. The third-order valence-corrected chi connectivity index (χ3v) is 3.89. The highest BCUT2D eigenvalue weighted by atomic mass is 19.1. The van der Waals surface area contributed by atoms with Gasteiger partial charge in [-0.1, -0.05) is 12.1 Å². The number of hydrogen-bond acceptors (Lipinski definition) is 3. The van der Waals surface area contributed by atoms with Gasteiger partial charge in [0.2, 0.25) is 0 Å². The highest BCUT2D eigenvalue weighted by Crippen LogP contribution is 2.16. The SMILES string of the molecule is CN=C(NCCCn1nc(C)cc1C)NCC(C)Oc1ccccc1F. The fourth-order valence-electron chi connectivity index (χ4n) is 2.60. The molecule has 0 radical (unpaired) electrons. The summed E-state index contributed by atoms with van der Waals surface area (Å²) in [6.07, 6.45) is 0.740. The van der Waals surface area contributed by atoms with Gasteiger partial charge in [-0.05, 0) is 45.4 Å². The lowest BCUT2D eigenvalue weighted by Gasteiger charge is -2.18. The Labute approximate surface area is 154 Å². The van der Waals surface area contributed by atoms with E-state index in [2.05, 4.69) is 33.7 Å². The summed E-state index contributed by atoms with van der Waals surface area (Å²) in [5.74, 6) is 0.600. The van der Waals surface area contributed by atoms with Gasteiger partial charge in [-0.3, -0.25) is 9.67 Å². The van der Waals surface area contributed by atoms with Crippen LogP contribution < -0.4 is 15.4 Å². The van der Waals surface area contributed by atoms with Crippen molar-refractivity contribution in [1.29, 1.82) is 0 Å². The molecule has 1 aromatic carbocycles. The molecule has 0 fully saturated rings. The number of benzene rings is 1. The summed E-state index contributed by atoms with van der Waals surface area (Å²) in [7, 11) is 1.72. The van der Waals surface area contributed by atoms with Gasteiger partial charge in [0.15, 0.2) is 17.5 Å². The Morgan fingerprint density at radius 2 is 2.08 bits per heavy atom. The second-order valence-electron chi connectivity index (χ2n) is 6.24. The molecule has 1 heterocycles. The molecule has 0 spiro atoms. The number of ether oxygens (including phenoxy) is 1. The van der Waals surface area contributed by atoms with Crippen molar-refractivity contribution in [3.05, 3.63) is 47.5 Å². The van der Waals surface area contributed by atoms with E-state index in [-0.39, 0.29) is 17.7 Å². The van der Waals surface area contributed by atoms with E-state index in [0.717, 1.165) is 25.2 Å². The summed E-state index contributed by atoms with van der Waals surface area (Å²) < 4.78 is 21.2. The maximum atomic E-state index is 13.6. The average Bonchev–Trinajstić information content (AvgIpc) is 2.93. The Bertz CT molecular complexity index is 728. The molecule has 1 atom stereocenters. The molecule has 1 unspecified atom stereocenters. The number of aliphatic imine (C=N–C) groups is 1. The van der Waals surface area contributed by atoms with Gasteiger partial charge < -0.3 is 15.4 Å². The lowest BCUT2D eigenvalue weighted by molar-refractivity contribution is 0.214. The van der Waals surface area contributed by atoms with Crippen molar-refractivity contribution in [3.8, 4) is 5.75 Å². The zero-order valence-electron chi connectivity index (χ0n) is 15.9. The van der Waals surface area contributed by atoms with Crippen LogP contribution >= 0.6 is 0 Å². The van der Waals surface area contributed by atoms with Crippen LogP contribution in [0.5, 0.6) is 5.75 Å². The number of halogens is 1. The van der Waals surface area contributed by atoms with Gasteiger partial charge >= 0.3 is 0 Å². The van der Waals surface area contributed by atoms with Gasteiger partial charge in [0.1, 0.15) is 6.10 Å². The standard InChI is InChI=1S/C19H28FN5O/c1-14-12-15(2)25(24-14)11-7-10-22-19(21-4)23-13-16(3)26-18-9-6-5-8-17(18)20/h5-6,8-9,12,16H,7,10-11,13H2,1-4H3,(H2,21,22,23). The fraction of sp³-hybridized carbons (Fsp3) is 0.474. The number of nitrogens with one attached hydrogen (secondary N) is 2. The van der Waals surface area contributed by atoms with E-state index in [1.54, 1.807) is 25.2 Å². The van der Waals surface area contributed by atoms with Crippen LogP contribution in [-0.2, 0) is 6.54 Å². The van der Waals surface area contributed by atoms with Crippen molar-refractivity contribution < 1.29 is 9.13 Å². The third kappa shape index (κ3) is 6.06. The van der Waals surface area contributed by atoms with Crippen molar-refractivity contribution in [2.45, 2.75) is 39.8 Å². The summed E-state index contributed by atoms with van der Waals surface area (Å²) >= 11 is 0. The normalized spacial score (nSPS) is 12.7. The van der Waals surface area contributed by atoms with Gasteiger partial charge in [-0.15, -0.1) is 0 Å². The van der Waals surface area contributed by atoms with Crippen LogP contribution in [0, 0.1) is 19.7 Å². The van der Waals surface area contributed by atoms with Crippen LogP contribution in [0.1, 0.15) is 24.7 Å². The van der Waals surface area contributed by atoms with Crippen LogP contribution in [0.15, 0.2) is 35.3 Å². The van der Waals surface area contributed by atoms with Gasteiger partial charge in [0.25, 0.3) is 0 Å². The van der Waals surface area contributed by atoms with Crippen molar-refractivity contribution in [2.75, 3.05) is 20.1 Å². The molecule has 0 aliphatic carbocycles. The summed E-state index contributed by atoms with van der Waals surface area (Å²) in [6.45, 7) is 8.10. The molecule has 2 rings (SSSR count). The van der Waals surface area contributed by atoms with E-state index in [4.69, 9.17) is 4.74 Å². The third-order valence-electron chi connectivity index (χ3n) is 3.89. The number of aromatic nitrogens is 2. The highest BCUT2D eigenvalue weighted by molar-refractivity contribution is 5.79. The van der Waals surface area contributed by atoms with Crippen LogP contribution in [-0.4, -0.2) is 42.0 Å². The molecule has 0 aliphatic rings. The van der Waals surface area contributed by atoms with Crippen LogP contribution in [0.4, 0.5) is 4.39 Å². The largest absolute Gasteiger partial charge is 0.486 e. The highest BCUT2D eigenvalue weighted by Gasteiger charge is 2.09. The van der Waals surface area contributed by atoms with Gasteiger partial charge in [0, 0.05) is 25.8 Å². The molecular formula is C19H28FN5O. The average molecular weight is 361 g/mol. The fourth-order valence-corrected chi connectivity index (χ4v) is 2.60. The molecule has 1 aromatic heterocycles. The predicted octanol–water partition coefficient (Wildman–Crippen LogP) is 2.66. The molecular weight excluding hydrogens is 333 g/mol. The number of para-hydroxylation sites is 1. The number of hydrogen-bond donors (Lipinski definition) is 2. The van der Waals surface area contributed by atoms with Crippen molar-refractivity contribution in [2.24, 2.45) is 4.99 Å². The number of nitrogens with zero attached hydrogens (tertiary/aromatic N) is 3. The lowest BCUT2D eigenvalue weighted by Crippen LogP contribution is -2.42. The molecule has 142 valence electrons. The zero-order chi connectivity index (χ0) is 18.9. The molecule has 6 nitrogen and oxygen atoms in total. The number of rotatable bonds is 8. The smallest absolute Gasteiger partial charge is 0.191 e. The molecule has 2 N–H and O–H groups in total. The lowest BCUT2D eigenvalue weighted by atomic mass is 10.3. The first-order chi connectivity index (χ1) is 12.5. The van der Waals surface area contributed by atoms with E-state index in [1.807, 2.05) is 18.5 Å². The van der Waals surface area contributed by atoms with Crippen molar-refractivity contribution in [3.63, 3.8) is 0 Å². The van der Waals surface area contributed by atoms with Crippen molar-refractivity contribution in [1.82, 2.24) is 20.4 Å². The van der Waals surface area contributed by atoms with E-state index in [1.165, 1.54) is 11.8 Å². The first-order valence-corrected chi connectivity index (χ1v) is 8.86. The first-order valence-electron chi connectivity index (χ1n) is 8.86. The quantitative estimate of drug-likeness (QED) is 0.431. The van der Waals surface area contributed by atoms with Crippen LogP contribution in [0.2, 0.25) is 0 Å². The van der Waals surface area contributed by atoms with Gasteiger partial charge in [-0.2, -0.15) is 5.10 Å². The van der Waals surface area contributed by atoms with Crippen LogP contribution in [0.3, 0.4) is 0 Å². The number of aryl methyl sites for hydroxylation is 3. The minimum Gasteiger partial charge on any atom is -0.486 e. The second kappa shape index (κ2) is 9.79. The Morgan fingerprint density at radius 1 is 1.31 bits per heavy atom. The molecule has 2 aromatic rings. The minimum absolute atomic E-state index is 0.194. The monoisotopic (exact) mass is 361 g/mol. The summed E-state index contributed by atoms with van der Waals surface area (Å²) in [5, 5.41) is 10.9. The van der Waals surface area contributed by atoms with Gasteiger partial charge in [-0.25, -0.2) is 4.39 Å². The molecule has 0 aliphatic heterocycles. The Hall–Kier alpha value is -2.57. The van der Waals surface area contributed by atoms with Gasteiger partial charge in [0.05, 0.1) is 12.2 Å². The first kappa shape index (κ1) is 19.8. The maximum Gasteiger partial charge on any atom is 0.191 e. The molecule has 7 heteroatoms. The van der Waals surface area contributed by atoms with E-state index in [9.17, 15) is 4.39 Å². The molecule has 0 saturated carbocycles. The Balaban J connectivity index is 1.69. The predicted molar refractivity (Wildman–Crippen MR) is 102 cm³/mol. The molecule has 26 heavy (non-hydrogen) atoms. The minimum atomic E-state index is -0.356. The topological polar surface area (TPSA) is 63.5 Å². The van der Waals surface area contributed by atoms with E-state index >= 15 is 0 Å². The summed E-state index contributed by atoms with van der Waals surface area (Å²) in [6, 6.07) is 8.48. The van der Waals surface area contributed by atoms with E-state index < -0.39 is 0 Å². The number of guanidine groups is 1. The Morgan fingerprint density at radius 3 is 2.73 bits per heavy atom. The molecule has 0 saturated heterocycles. The van der Waals surface area contributed by atoms with Crippen LogP contribution in [0.25, 0.3) is 0 Å². The summed E-state index contributed by atoms with van der Waals surface area (Å²) in [4.78, 5) is 4.19. The molecule has 0 amide bonds. The second-order valence-corrected chi connectivity index (χ2v) is 6.24. The summed E-state index contributed by atoms with van der Waals surface area (Å²) in [5.41, 5.74) is 2.21. The Kier molecular flexibility index (Phi) is 7.44. The van der Waals surface area contributed by atoms with Crippen molar-refractivity contribution >= 4 is 5.96 Å². The zero-order valence-corrected chi connectivity index (χ0v) is 15.9.